The van der Waals surface area contributed by atoms with Crippen molar-refractivity contribution >= 4 is 39.2 Å². The second kappa shape index (κ2) is 3.62. The van der Waals surface area contributed by atoms with Crippen LogP contribution in [0.15, 0.2) is 10.5 Å². The van der Waals surface area contributed by atoms with E-state index in [0.717, 1.165) is 0 Å². The van der Waals surface area contributed by atoms with Gasteiger partial charge >= 0.3 is 5.97 Å². The summed E-state index contributed by atoms with van der Waals surface area (Å²) in [5, 5.41) is 11.4. The molecule has 1 aliphatic rings. The number of anilines is 1. The molecule has 80 valence electrons. The first kappa shape index (κ1) is 10.7. The van der Waals surface area contributed by atoms with Gasteiger partial charge in [0.15, 0.2) is 5.82 Å². The van der Waals surface area contributed by atoms with Crippen LogP contribution < -0.4 is 5.32 Å². The minimum absolute atomic E-state index is 0.0253. The Morgan fingerprint density at radius 2 is 2.33 bits per heavy atom. The Balaban J connectivity index is 2.66. The van der Waals surface area contributed by atoms with Crippen molar-refractivity contribution in [3.8, 4) is 0 Å². The maximum Gasteiger partial charge on any atom is 0.344 e. The molecule has 0 spiro atoms. The fraction of sp³-hybridized carbons (Fsp3) is 0.125. The summed E-state index contributed by atoms with van der Waals surface area (Å²) in [5.41, 5.74) is -0.180. The molecule has 1 atom stereocenters. The molecule has 1 unspecified atom stereocenters. The van der Waals surface area contributed by atoms with Gasteiger partial charge in [-0.25, -0.2) is 9.18 Å². The lowest BCUT2D eigenvalue weighted by atomic mass is 10.1. The molecule has 0 aliphatic carbocycles. The number of carbonyl (C=O) groups is 1. The summed E-state index contributed by atoms with van der Waals surface area (Å²) in [6, 6.07) is 1.26. The molecule has 1 heterocycles. The number of aliphatic hydroxyl groups is 1. The number of nitrogens with one attached hydrogen (secondary N) is 1. The van der Waals surface area contributed by atoms with E-state index in [1.54, 1.807) is 0 Å². The lowest BCUT2D eigenvalue weighted by Gasteiger charge is -2.23. The Hall–Kier alpha value is -0.850. The zero-order valence-electron chi connectivity index (χ0n) is 7.05. The first-order valence-electron chi connectivity index (χ1n) is 3.84. The van der Waals surface area contributed by atoms with E-state index in [1.807, 2.05) is 0 Å². The van der Waals surface area contributed by atoms with E-state index in [4.69, 9.17) is 16.7 Å². The highest BCUT2D eigenvalue weighted by Crippen LogP contribution is 2.35. The number of fused-ring (bicyclic) bond motifs is 1. The summed E-state index contributed by atoms with van der Waals surface area (Å²) in [5.74, 6) is -1.57. The third-order valence-corrected chi connectivity index (χ3v) is 3.17. The number of aliphatic hydroxyl groups excluding tert-OH is 1. The van der Waals surface area contributed by atoms with E-state index >= 15 is 0 Å². The fourth-order valence-electron chi connectivity index (χ4n) is 1.21. The minimum atomic E-state index is -1.55. The van der Waals surface area contributed by atoms with E-state index in [0.29, 0.717) is 0 Å². The fourth-order valence-corrected chi connectivity index (χ4v) is 1.72. The Labute approximate surface area is 97.1 Å². The number of esters is 1. The van der Waals surface area contributed by atoms with Crippen LogP contribution in [0.25, 0.3) is 0 Å². The Kier molecular flexibility index (Phi) is 2.57. The van der Waals surface area contributed by atoms with Crippen molar-refractivity contribution in [2.45, 2.75) is 6.41 Å². The SMILES string of the molecule is O=C1OC(O)Nc2c1cc(Cl)c(Br)c2F. The van der Waals surface area contributed by atoms with Crippen molar-refractivity contribution in [1.82, 2.24) is 0 Å². The van der Waals surface area contributed by atoms with Crippen molar-refractivity contribution in [3.05, 3.63) is 26.9 Å². The maximum absolute atomic E-state index is 13.6. The molecule has 1 aliphatic heterocycles. The predicted molar refractivity (Wildman–Crippen MR) is 54.2 cm³/mol. The molecule has 2 rings (SSSR count). The molecular formula is C8H4BrClFNO3. The van der Waals surface area contributed by atoms with Crippen molar-refractivity contribution < 1.29 is 19.0 Å². The van der Waals surface area contributed by atoms with Gasteiger partial charge in [-0.2, -0.15) is 0 Å². The van der Waals surface area contributed by atoms with Crippen LogP contribution in [0.5, 0.6) is 0 Å². The van der Waals surface area contributed by atoms with Crippen LogP contribution >= 0.6 is 27.5 Å². The molecule has 2 N–H and O–H groups in total. The van der Waals surface area contributed by atoms with Crippen LogP contribution in [0.3, 0.4) is 0 Å². The quantitative estimate of drug-likeness (QED) is 0.568. The summed E-state index contributed by atoms with van der Waals surface area (Å²) in [6.07, 6.45) is -1.55. The highest BCUT2D eigenvalue weighted by Gasteiger charge is 2.29. The van der Waals surface area contributed by atoms with Crippen LogP contribution in [0.2, 0.25) is 5.02 Å². The zero-order chi connectivity index (χ0) is 11.2. The number of benzene rings is 1. The Bertz CT molecular complexity index is 454. The highest BCUT2D eigenvalue weighted by atomic mass is 79.9. The van der Waals surface area contributed by atoms with Gasteiger partial charge in [0.25, 0.3) is 6.41 Å². The van der Waals surface area contributed by atoms with Crippen molar-refractivity contribution in [2.24, 2.45) is 0 Å². The molecule has 0 bridgehead atoms. The molecule has 0 amide bonds. The zero-order valence-corrected chi connectivity index (χ0v) is 9.39. The largest absolute Gasteiger partial charge is 0.413 e. The second-order valence-corrected chi connectivity index (χ2v) is 4.01. The van der Waals surface area contributed by atoms with Gasteiger partial charge in [0.05, 0.1) is 20.7 Å². The highest BCUT2D eigenvalue weighted by molar-refractivity contribution is 9.10. The van der Waals surface area contributed by atoms with E-state index < -0.39 is 18.2 Å². The van der Waals surface area contributed by atoms with Crippen molar-refractivity contribution in [3.63, 3.8) is 0 Å². The molecule has 0 fully saturated rings. The third-order valence-electron chi connectivity index (χ3n) is 1.87. The van der Waals surface area contributed by atoms with Gasteiger partial charge in [-0.05, 0) is 22.0 Å². The van der Waals surface area contributed by atoms with Gasteiger partial charge in [0.1, 0.15) is 0 Å². The van der Waals surface area contributed by atoms with E-state index in [1.165, 1.54) is 6.07 Å². The lowest BCUT2D eigenvalue weighted by Crippen LogP contribution is -2.32. The number of hydrogen-bond acceptors (Lipinski definition) is 4. The topological polar surface area (TPSA) is 58.6 Å². The molecule has 0 saturated heterocycles. The molecule has 0 aromatic heterocycles. The molecule has 15 heavy (non-hydrogen) atoms. The molecule has 1 aromatic rings. The maximum atomic E-state index is 13.6. The molecule has 1 aromatic carbocycles. The van der Waals surface area contributed by atoms with Crippen molar-refractivity contribution in [2.75, 3.05) is 5.32 Å². The number of carbonyl (C=O) groups excluding carboxylic acids is 1. The molecule has 7 heteroatoms. The van der Waals surface area contributed by atoms with E-state index in [-0.39, 0.29) is 20.7 Å². The minimum Gasteiger partial charge on any atom is -0.413 e. The smallest absolute Gasteiger partial charge is 0.344 e. The summed E-state index contributed by atoms with van der Waals surface area (Å²) in [4.78, 5) is 11.2. The van der Waals surface area contributed by atoms with Gasteiger partial charge < -0.3 is 15.2 Å². The molecular weight excluding hydrogens is 292 g/mol. The number of cyclic esters (lactones) is 1. The van der Waals surface area contributed by atoms with Gasteiger partial charge in [-0.15, -0.1) is 0 Å². The molecule has 4 nitrogen and oxygen atoms in total. The summed E-state index contributed by atoms with van der Waals surface area (Å²) in [7, 11) is 0. The standard InChI is InChI=1S/C8H4BrClFNO3/c9-4-3(10)1-2-6(5(4)11)12-8(14)15-7(2)13/h1,8,12,14H. The number of rotatable bonds is 0. The Morgan fingerprint density at radius 3 is 3.00 bits per heavy atom. The number of ether oxygens (including phenoxy) is 1. The number of halogens is 3. The van der Waals surface area contributed by atoms with Crippen LogP contribution in [0, 0.1) is 5.82 Å². The number of hydrogen-bond donors (Lipinski definition) is 2. The van der Waals surface area contributed by atoms with Crippen LogP contribution in [0.1, 0.15) is 10.4 Å². The monoisotopic (exact) mass is 295 g/mol. The Morgan fingerprint density at radius 1 is 1.67 bits per heavy atom. The molecule has 0 saturated carbocycles. The molecule has 0 radical (unpaired) electrons. The van der Waals surface area contributed by atoms with Crippen LogP contribution in [-0.4, -0.2) is 17.5 Å². The lowest BCUT2D eigenvalue weighted by molar-refractivity contribution is -0.0505. The van der Waals surface area contributed by atoms with Crippen LogP contribution in [-0.2, 0) is 4.74 Å². The third kappa shape index (κ3) is 1.68. The van der Waals surface area contributed by atoms with Crippen LogP contribution in [0.4, 0.5) is 10.1 Å². The summed E-state index contributed by atoms with van der Waals surface area (Å²) in [6.45, 7) is 0. The van der Waals surface area contributed by atoms with Gasteiger partial charge in [-0.1, -0.05) is 11.6 Å². The van der Waals surface area contributed by atoms with Gasteiger partial charge in [-0.3, -0.25) is 0 Å². The van der Waals surface area contributed by atoms with E-state index in [9.17, 15) is 9.18 Å². The first-order chi connectivity index (χ1) is 7.00. The average Bonchev–Trinajstić information content (AvgIpc) is 2.17. The summed E-state index contributed by atoms with van der Waals surface area (Å²) < 4.78 is 18.0. The average molecular weight is 296 g/mol. The second-order valence-electron chi connectivity index (χ2n) is 2.81. The predicted octanol–water partition coefficient (Wildman–Crippen LogP) is 2.10. The van der Waals surface area contributed by atoms with Gasteiger partial charge in [0.2, 0.25) is 0 Å². The summed E-state index contributed by atoms with van der Waals surface area (Å²) >= 11 is 8.59. The van der Waals surface area contributed by atoms with Gasteiger partial charge in [0, 0.05) is 0 Å². The van der Waals surface area contributed by atoms with Crippen molar-refractivity contribution in [1.29, 1.82) is 0 Å². The van der Waals surface area contributed by atoms with E-state index in [2.05, 4.69) is 26.0 Å². The normalized spacial score (nSPS) is 19.2. The first-order valence-corrected chi connectivity index (χ1v) is 5.01.